The number of hydrogen-bond donors (Lipinski definition) is 0. The zero-order chi connectivity index (χ0) is 24.7. The largest absolute Gasteiger partial charge is 0.338 e. The van der Waals surface area contributed by atoms with Crippen LogP contribution in [0.1, 0.15) is 19.5 Å². The molecule has 0 N–H and O–H groups in total. The minimum atomic E-state index is -0.330. The van der Waals surface area contributed by atoms with E-state index >= 15 is 0 Å². The summed E-state index contributed by atoms with van der Waals surface area (Å²) < 4.78 is 19.1. The summed E-state index contributed by atoms with van der Waals surface area (Å²) in [5.74, 6) is -0.213. The van der Waals surface area contributed by atoms with E-state index in [2.05, 4.69) is 67.0 Å². The molecule has 1 amide bonds. The molecule has 1 aliphatic rings. The molecular formula is C25H25Br2FN6O. The Balaban J connectivity index is 1.24. The molecule has 0 spiro atoms. The van der Waals surface area contributed by atoms with Gasteiger partial charge in [0.05, 0.1) is 17.6 Å². The summed E-state index contributed by atoms with van der Waals surface area (Å²) in [5.41, 5.74) is 2.45. The van der Waals surface area contributed by atoms with Crippen molar-refractivity contribution in [3.63, 3.8) is 0 Å². The number of benzene rings is 2. The summed E-state index contributed by atoms with van der Waals surface area (Å²) in [6.07, 6.45) is 3.80. The molecule has 0 radical (unpaired) electrons. The maximum absolute atomic E-state index is 13.7. The van der Waals surface area contributed by atoms with E-state index in [-0.39, 0.29) is 23.8 Å². The molecule has 3 heterocycles. The third-order valence-corrected chi connectivity index (χ3v) is 7.70. The Labute approximate surface area is 219 Å². The number of rotatable bonds is 5. The number of aromatic nitrogens is 4. The van der Waals surface area contributed by atoms with Crippen molar-refractivity contribution in [2.45, 2.75) is 39.0 Å². The predicted molar refractivity (Wildman–Crippen MR) is 140 cm³/mol. The van der Waals surface area contributed by atoms with Crippen LogP contribution in [0.15, 0.2) is 63.8 Å². The standard InChI is InChI=1S/C25H25Br2FN6O/c1-16-11-32(25(35)15-31-8-7-18-9-19(26)3-6-23(18)31)12-17(2)33(16)13-21-14-34(30-29-21)24-10-20(28)4-5-22(24)27/h3-10,14,16-17H,11-13,15H2,1-2H3/t16-,17+. The molecule has 0 saturated carbocycles. The van der Waals surface area contributed by atoms with Crippen LogP contribution in [0.25, 0.3) is 16.6 Å². The van der Waals surface area contributed by atoms with Crippen LogP contribution >= 0.6 is 31.9 Å². The third-order valence-electron chi connectivity index (χ3n) is 6.53. The Kier molecular flexibility index (Phi) is 6.78. The maximum Gasteiger partial charge on any atom is 0.242 e. The smallest absolute Gasteiger partial charge is 0.242 e. The summed E-state index contributed by atoms with van der Waals surface area (Å²) in [5, 5.41) is 9.61. The van der Waals surface area contributed by atoms with Gasteiger partial charge in [0.1, 0.15) is 12.4 Å². The molecule has 4 aromatic rings. The lowest BCUT2D eigenvalue weighted by Crippen LogP contribution is -2.58. The summed E-state index contributed by atoms with van der Waals surface area (Å²) in [4.78, 5) is 17.5. The molecule has 0 aliphatic carbocycles. The fourth-order valence-corrected chi connectivity index (χ4v) is 5.57. The second kappa shape index (κ2) is 9.83. The lowest BCUT2D eigenvalue weighted by atomic mass is 10.1. The van der Waals surface area contributed by atoms with Gasteiger partial charge in [-0.05, 0) is 66.2 Å². The molecule has 5 rings (SSSR count). The number of nitrogens with zero attached hydrogens (tertiary/aromatic N) is 6. The van der Waals surface area contributed by atoms with E-state index in [1.54, 1.807) is 10.7 Å². The van der Waals surface area contributed by atoms with E-state index in [0.717, 1.165) is 25.5 Å². The van der Waals surface area contributed by atoms with E-state index in [1.807, 2.05) is 40.1 Å². The number of carbonyl (C=O) groups excluding carboxylic acids is 1. The minimum absolute atomic E-state index is 0.116. The maximum atomic E-state index is 13.7. The van der Waals surface area contributed by atoms with Gasteiger partial charge in [-0.2, -0.15) is 0 Å². The first-order chi connectivity index (χ1) is 16.8. The lowest BCUT2D eigenvalue weighted by molar-refractivity contribution is -0.136. The molecule has 2 aromatic heterocycles. The average molecular weight is 604 g/mol. The van der Waals surface area contributed by atoms with Crippen LogP contribution in [0.3, 0.4) is 0 Å². The van der Waals surface area contributed by atoms with Crippen molar-refractivity contribution in [3.05, 3.63) is 75.3 Å². The Morgan fingerprint density at radius 1 is 1.09 bits per heavy atom. The van der Waals surface area contributed by atoms with Gasteiger partial charge in [-0.3, -0.25) is 9.69 Å². The molecule has 182 valence electrons. The van der Waals surface area contributed by atoms with Crippen LogP contribution in [-0.4, -0.2) is 60.4 Å². The van der Waals surface area contributed by atoms with E-state index in [4.69, 9.17) is 0 Å². The number of fused-ring (bicyclic) bond motifs is 1. The van der Waals surface area contributed by atoms with E-state index in [9.17, 15) is 9.18 Å². The highest BCUT2D eigenvalue weighted by Crippen LogP contribution is 2.24. The molecule has 2 aromatic carbocycles. The number of halogens is 3. The molecule has 1 saturated heterocycles. The zero-order valence-corrected chi connectivity index (χ0v) is 22.6. The van der Waals surface area contributed by atoms with Crippen LogP contribution < -0.4 is 0 Å². The fourth-order valence-electron chi connectivity index (χ4n) is 4.76. The van der Waals surface area contributed by atoms with Crippen molar-refractivity contribution >= 4 is 48.7 Å². The van der Waals surface area contributed by atoms with Crippen molar-refractivity contribution in [2.75, 3.05) is 13.1 Å². The van der Waals surface area contributed by atoms with Crippen molar-refractivity contribution in [1.29, 1.82) is 0 Å². The van der Waals surface area contributed by atoms with Crippen LogP contribution in [0.4, 0.5) is 4.39 Å². The van der Waals surface area contributed by atoms with Gasteiger partial charge < -0.3 is 9.47 Å². The summed E-state index contributed by atoms with van der Waals surface area (Å²) in [6.45, 7) is 6.49. The van der Waals surface area contributed by atoms with Crippen LogP contribution in [0.2, 0.25) is 0 Å². The van der Waals surface area contributed by atoms with Crippen molar-refractivity contribution in [2.24, 2.45) is 0 Å². The van der Waals surface area contributed by atoms with Gasteiger partial charge in [-0.1, -0.05) is 21.1 Å². The molecule has 35 heavy (non-hydrogen) atoms. The van der Waals surface area contributed by atoms with Gasteiger partial charge in [0, 0.05) is 63.8 Å². The highest BCUT2D eigenvalue weighted by molar-refractivity contribution is 9.10. The van der Waals surface area contributed by atoms with E-state index < -0.39 is 0 Å². The molecule has 1 fully saturated rings. The van der Waals surface area contributed by atoms with Crippen molar-refractivity contribution in [1.82, 2.24) is 29.4 Å². The second-order valence-corrected chi connectivity index (χ2v) is 10.8. The third kappa shape index (κ3) is 5.05. The second-order valence-electron chi connectivity index (χ2n) is 9.07. The number of carbonyl (C=O) groups is 1. The Hall–Kier alpha value is -2.56. The van der Waals surface area contributed by atoms with Crippen molar-refractivity contribution < 1.29 is 9.18 Å². The molecule has 7 nitrogen and oxygen atoms in total. The fraction of sp³-hybridized carbons (Fsp3) is 0.320. The topological polar surface area (TPSA) is 59.2 Å². The molecule has 1 aliphatic heterocycles. The first-order valence-corrected chi connectivity index (χ1v) is 13.0. The minimum Gasteiger partial charge on any atom is -0.338 e. The molecule has 2 atom stereocenters. The molecular weight excluding hydrogens is 579 g/mol. The Bertz CT molecular complexity index is 1370. The van der Waals surface area contributed by atoms with Gasteiger partial charge in [0.15, 0.2) is 0 Å². The number of hydrogen-bond acceptors (Lipinski definition) is 4. The predicted octanol–water partition coefficient (Wildman–Crippen LogP) is 5.01. The van der Waals surface area contributed by atoms with E-state index in [0.29, 0.717) is 31.9 Å². The highest BCUT2D eigenvalue weighted by Gasteiger charge is 2.32. The SMILES string of the molecule is C[C@@H]1CN(C(=O)Cn2ccc3cc(Br)ccc32)C[C@H](C)N1Cc1cn(-c2cc(F)ccc2Br)nn1. The molecule has 0 unspecified atom stereocenters. The summed E-state index contributed by atoms with van der Waals surface area (Å²) >= 11 is 6.95. The molecule has 10 heteroatoms. The number of amides is 1. The van der Waals surface area contributed by atoms with Gasteiger partial charge in [0.25, 0.3) is 0 Å². The summed E-state index contributed by atoms with van der Waals surface area (Å²) in [7, 11) is 0. The highest BCUT2D eigenvalue weighted by atomic mass is 79.9. The van der Waals surface area contributed by atoms with Crippen molar-refractivity contribution in [3.8, 4) is 5.69 Å². The molecule has 0 bridgehead atoms. The summed E-state index contributed by atoms with van der Waals surface area (Å²) in [6, 6.07) is 12.9. The van der Waals surface area contributed by atoms with Gasteiger partial charge in [-0.15, -0.1) is 5.10 Å². The van der Waals surface area contributed by atoms with Crippen LogP contribution in [-0.2, 0) is 17.9 Å². The quantitative estimate of drug-likeness (QED) is 0.322. The lowest BCUT2D eigenvalue weighted by Gasteiger charge is -2.44. The average Bonchev–Trinajstić information content (AvgIpc) is 3.44. The normalized spacial score (nSPS) is 18.9. The number of piperazine rings is 1. The monoisotopic (exact) mass is 602 g/mol. The Morgan fingerprint density at radius 2 is 1.86 bits per heavy atom. The van der Waals surface area contributed by atoms with Gasteiger partial charge in [-0.25, -0.2) is 9.07 Å². The zero-order valence-electron chi connectivity index (χ0n) is 19.4. The van der Waals surface area contributed by atoms with Crippen LogP contribution in [0.5, 0.6) is 0 Å². The van der Waals surface area contributed by atoms with Crippen LogP contribution in [0, 0.1) is 5.82 Å². The van der Waals surface area contributed by atoms with Gasteiger partial charge in [0.2, 0.25) is 5.91 Å². The Morgan fingerprint density at radius 3 is 2.63 bits per heavy atom. The first-order valence-electron chi connectivity index (χ1n) is 11.4. The van der Waals surface area contributed by atoms with Gasteiger partial charge >= 0.3 is 0 Å². The first kappa shape index (κ1) is 24.1. The van der Waals surface area contributed by atoms with E-state index in [1.165, 1.54) is 12.1 Å².